The quantitative estimate of drug-likeness (QED) is 0.525. The molecule has 0 spiro atoms. The van der Waals surface area contributed by atoms with E-state index in [2.05, 4.69) is 4.72 Å². The van der Waals surface area contributed by atoms with Gasteiger partial charge in [0.05, 0.1) is 10.5 Å². The third-order valence-electron chi connectivity index (χ3n) is 6.16. The van der Waals surface area contributed by atoms with Crippen LogP contribution in [0.2, 0.25) is 0 Å². The van der Waals surface area contributed by atoms with Crippen LogP contribution in [0, 0.1) is 0 Å². The highest BCUT2D eigenvalue weighted by atomic mass is 32.2. The average molecular weight is 470 g/mol. The SMILES string of the molecule is CCN(CC)C(=O)Cn1ccc2cc(NS(=O)(=O)c3cc(C(=O)O)cc4c3CCC4)ccc21. The molecule has 1 amide bonds. The molecule has 0 saturated carbocycles. The summed E-state index contributed by atoms with van der Waals surface area (Å²) in [6.45, 7) is 5.38. The van der Waals surface area contributed by atoms with Gasteiger partial charge >= 0.3 is 5.97 Å². The molecular formula is C24H27N3O5S. The van der Waals surface area contributed by atoms with Crippen molar-refractivity contribution in [3.05, 3.63) is 59.3 Å². The minimum atomic E-state index is -3.97. The Morgan fingerprint density at radius 3 is 2.55 bits per heavy atom. The molecule has 1 aliphatic rings. The summed E-state index contributed by atoms with van der Waals surface area (Å²) >= 11 is 0. The van der Waals surface area contributed by atoms with Crippen LogP contribution in [0.5, 0.6) is 0 Å². The lowest BCUT2D eigenvalue weighted by molar-refractivity contribution is -0.131. The maximum absolute atomic E-state index is 13.2. The second kappa shape index (κ2) is 8.90. The molecular weight excluding hydrogens is 442 g/mol. The lowest BCUT2D eigenvalue weighted by Crippen LogP contribution is -2.33. The van der Waals surface area contributed by atoms with Gasteiger partial charge in [-0.15, -0.1) is 0 Å². The van der Waals surface area contributed by atoms with Crippen LogP contribution >= 0.6 is 0 Å². The summed E-state index contributed by atoms with van der Waals surface area (Å²) in [6.07, 6.45) is 3.89. The number of carboxylic acid groups (broad SMARTS) is 1. The Balaban J connectivity index is 1.62. The molecule has 3 aromatic rings. The number of carboxylic acids is 1. The fourth-order valence-electron chi connectivity index (χ4n) is 4.46. The zero-order valence-electron chi connectivity index (χ0n) is 18.7. The zero-order chi connectivity index (χ0) is 23.8. The number of likely N-dealkylation sites (N-methyl/N-ethyl adjacent to an activating group) is 1. The van der Waals surface area contributed by atoms with Gasteiger partial charge in [0.2, 0.25) is 5.91 Å². The lowest BCUT2D eigenvalue weighted by atomic mass is 10.1. The van der Waals surface area contributed by atoms with Crippen molar-refractivity contribution in [1.29, 1.82) is 0 Å². The van der Waals surface area contributed by atoms with Gasteiger partial charge < -0.3 is 14.6 Å². The first-order valence-electron chi connectivity index (χ1n) is 11.0. The number of nitrogens with zero attached hydrogens (tertiary/aromatic N) is 2. The third-order valence-corrected chi connectivity index (χ3v) is 7.60. The number of sulfonamides is 1. The maximum Gasteiger partial charge on any atom is 0.335 e. The summed E-state index contributed by atoms with van der Waals surface area (Å²) in [6, 6.07) is 9.79. The lowest BCUT2D eigenvalue weighted by Gasteiger charge is -2.19. The number of hydrogen-bond acceptors (Lipinski definition) is 4. The number of fused-ring (bicyclic) bond motifs is 2. The monoisotopic (exact) mass is 469 g/mol. The highest BCUT2D eigenvalue weighted by Gasteiger charge is 2.26. The summed E-state index contributed by atoms with van der Waals surface area (Å²) in [7, 11) is -3.97. The Hall–Kier alpha value is -3.33. The number of anilines is 1. The van der Waals surface area contributed by atoms with E-state index in [0.29, 0.717) is 37.2 Å². The minimum Gasteiger partial charge on any atom is -0.478 e. The van der Waals surface area contributed by atoms with Crippen LogP contribution in [0.25, 0.3) is 10.9 Å². The molecule has 1 aromatic heterocycles. The van der Waals surface area contributed by atoms with Gasteiger partial charge in [-0.1, -0.05) is 0 Å². The van der Waals surface area contributed by atoms with Crippen molar-refractivity contribution in [1.82, 2.24) is 9.47 Å². The normalized spacial score (nSPS) is 13.2. The number of benzene rings is 2. The summed E-state index contributed by atoms with van der Waals surface area (Å²) in [5, 5.41) is 10.2. The van der Waals surface area contributed by atoms with Crippen LogP contribution in [0.15, 0.2) is 47.5 Å². The van der Waals surface area contributed by atoms with Crippen molar-refractivity contribution in [3.8, 4) is 0 Å². The molecule has 33 heavy (non-hydrogen) atoms. The van der Waals surface area contributed by atoms with Gasteiger partial charge in [0, 0.05) is 35.9 Å². The highest BCUT2D eigenvalue weighted by molar-refractivity contribution is 7.92. The predicted octanol–water partition coefficient (Wildman–Crippen LogP) is 3.50. The van der Waals surface area contributed by atoms with Crippen molar-refractivity contribution in [2.45, 2.75) is 44.6 Å². The van der Waals surface area contributed by atoms with Crippen LogP contribution in [-0.2, 0) is 34.2 Å². The summed E-state index contributed by atoms with van der Waals surface area (Å²) in [5.74, 6) is -1.13. The Bertz CT molecular complexity index is 1340. The number of aromatic nitrogens is 1. The van der Waals surface area contributed by atoms with E-state index in [-0.39, 0.29) is 22.9 Å². The van der Waals surface area contributed by atoms with Gasteiger partial charge in [-0.2, -0.15) is 0 Å². The molecule has 0 bridgehead atoms. The summed E-state index contributed by atoms with van der Waals surface area (Å²) in [4.78, 5) is 25.8. The van der Waals surface area contributed by atoms with E-state index in [1.165, 1.54) is 6.07 Å². The molecule has 9 heteroatoms. The number of aromatic carboxylic acids is 1. The third kappa shape index (κ3) is 4.45. The van der Waals surface area contributed by atoms with Gasteiger partial charge in [0.15, 0.2) is 0 Å². The molecule has 0 fully saturated rings. The number of hydrogen-bond donors (Lipinski definition) is 2. The number of rotatable bonds is 8. The second-order valence-electron chi connectivity index (χ2n) is 8.16. The maximum atomic E-state index is 13.2. The molecule has 1 heterocycles. The van der Waals surface area contributed by atoms with Crippen molar-refractivity contribution < 1.29 is 23.1 Å². The Labute approximate surface area is 192 Å². The predicted molar refractivity (Wildman–Crippen MR) is 126 cm³/mol. The van der Waals surface area contributed by atoms with Crippen molar-refractivity contribution in [2.75, 3.05) is 17.8 Å². The molecule has 0 aliphatic heterocycles. The zero-order valence-corrected chi connectivity index (χ0v) is 19.5. The molecule has 1 aliphatic carbocycles. The molecule has 0 atom stereocenters. The molecule has 0 radical (unpaired) electrons. The van der Waals surface area contributed by atoms with Crippen molar-refractivity contribution in [3.63, 3.8) is 0 Å². The van der Waals surface area contributed by atoms with E-state index in [1.807, 2.05) is 30.7 Å². The molecule has 0 saturated heterocycles. The van der Waals surface area contributed by atoms with Gasteiger partial charge in [0.25, 0.3) is 10.0 Å². The number of aryl methyl sites for hydroxylation is 1. The Kier molecular flexibility index (Phi) is 6.16. The molecule has 0 unspecified atom stereocenters. The van der Waals surface area contributed by atoms with Crippen molar-refractivity contribution >= 4 is 38.5 Å². The van der Waals surface area contributed by atoms with Gasteiger partial charge in [-0.05, 0) is 80.6 Å². The molecule has 174 valence electrons. The van der Waals surface area contributed by atoms with E-state index < -0.39 is 16.0 Å². The van der Waals surface area contributed by atoms with Crippen molar-refractivity contribution in [2.24, 2.45) is 0 Å². The highest BCUT2D eigenvalue weighted by Crippen LogP contribution is 2.32. The van der Waals surface area contributed by atoms with E-state index >= 15 is 0 Å². The standard InChI is InChI=1S/C24H27N3O5S/c1-3-26(4-2)23(28)15-27-11-10-17-13-19(8-9-21(17)27)25-33(31,32)22-14-18(24(29)30)12-16-6-5-7-20(16)22/h8-14,25H,3-7,15H2,1-2H3,(H,29,30). The van der Waals surface area contributed by atoms with E-state index in [9.17, 15) is 23.1 Å². The van der Waals surface area contributed by atoms with Crippen LogP contribution in [-0.4, -0.2) is 48.0 Å². The number of amides is 1. The number of carbonyl (C=O) groups excluding carboxylic acids is 1. The van der Waals surface area contributed by atoms with Gasteiger partial charge in [-0.3, -0.25) is 9.52 Å². The largest absolute Gasteiger partial charge is 0.478 e. The molecule has 4 rings (SSSR count). The van der Waals surface area contributed by atoms with Crippen LogP contribution in [0.1, 0.15) is 41.8 Å². The van der Waals surface area contributed by atoms with Gasteiger partial charge in [0.1, 0.15) is 6.54 Å². The first-order valence-corrected chi connectivity index (χ1v) is 12.5. The van der Waals surface area contributed by atoms with E-state index in [0.717, 1.165) is 22.9 Å². The number of nitrogens with one attached hydrogen (secondary N) is 1. The second-order valence-corrected chi connectivity index (χ2v) is 9.81. The molecule has 8 nitrogen and oxygen atoms in total. The van der Waals surface area contributed by atoms with Gasteiger partial charge in [-0.25, -0.2) is 13.2 Å². The smallest absolute Gasteiger partial charge is 0.335 e. The first-order chi connectivity index (χ1) is 15.7. The minimum absolute atomic E-state index is 0.0226. The Morgan fingerprint density at radius 1 is 1.09 bits per heavy atom. The fourth-order valence-corrected chi connectivity index (χ4v) is 5.85. The van der Waals surface area contributed by atoms with E-state index in [1.54, 1.807) is 29.2 Å². The summed E-state index contributed by atoms with van der Waals surface area (Å²) in [5.41, 5.74) is 2.65. The Morgan fingerprint density at radius 2 is 1.85 bits per heavy atom. The van der Waals surface area contributed by atoms with Crippen LogP contribution in [0.4, 0.5) is 5.69 Å². The average Bonchev–Trinajstić information content (AvgIpc) is 3.40. The van der Waals surface area contributed by atoms with E-state index in [4.69, 9.17) is 0 Å². The topological polar surface area (TPSA) is 109 Å². The first kappa shape index (κ1) is 22.8. The molecule has 2 aromatic carbocycles. The number of carbonyl (C=O) groups is 2. The fraction of sp³-hybridized carbons (Fsp3) is 0.333. The molecule has 2 N–H and O–H groups in total. The van der Waals surface area contributed by atoms with Crippen LogP contribution < -0.4 is 4.72 Å². The van der Waals surface area contributed by atoms with Crippen LogP contribution in [0.3, 0.4) is 0 Å². The summed E-state index contributed by atoms with van der Waals surface area (Å²) < 4.78 is 30.9.